The molecule has 0 aromatic heterocycles. The third-order valence-corrected chi connectivity index (χ3v) is 14.5. The average Bonchev–Trinajstić information content (AvgIpc) is 3.04. The maximum absolute atomic E-state index is 7.56. The van der Waals surface area contributed by atoms with E-state index in [2.05, 4.69) is 83.0 Å². The van der Waals surface area contributed by atoms with E-state index in [1.54, 1.807) is 7.11 Å². The number of benzene rings is 2. The topological polar surface area (TPSA) is 24.9 Å². The quantitative estimate of drug-likeness (QED) is 0.111. The van der Waals surface area contributed by atoms with Gasteiger partial charge in [-0.2, -0.15) is 0 Å². The summed E-state index contributed by atoms with van der Waals surface area (Å²) >= 11 is 26.5. The normalized spacial score (nSPS) is 19.4. The number of hydrogen-bond acceptors (Lipinski definition) is 4. The molecule has 0 bridgehead atoms. The molecule has 0 radical (unpaired) electrons. The lowest BCUT2D eigenvalue weighted by Crippen LogP contribution is -2.70. The summed E-state index contributed by atoms with van der Waals surface area (Å²) in [5, 5.41) is 2.51. The molecule has 3 atom stereocenters. The van der Waals surface area contributed by atoms with E-state index in [0.29, 0.717) is 26.1 Å². The fourth-order valence-electron chi connectivity index (χ4n) is 9.67. The van der Waals surface area contributed by atoms with E-state index in [9.17, 15) is 0 Å². The van der Waals surface area contributed by atoms with Crippen LogP contribution in [0.2, 0.25) is 20.1 Å². The van der Waals surface area contributed by atoms with Crippen LogP contribution in [0.5, 0.6) is 0 Å². The van der Waals surface area contributed by atoms with Crippen molar-refractivity contribution in [2.24, 2.45) is 0 Å². The average molecular weight is 785 g/mol. The molecule has 2 fully saturated rings. The van der Waals surface area contributed by atoms with Crippen LogP contribution >= 0.6 is 46.4 Å². The second kappa shape index (κ2) is 18.9. The fourth-order valence-corrected chi connectivity index (χ4v) is 10.3. The summed E-state index contributed by atoms with van der Waals surface area (Å²) < 4.78 is 12.9. The van der Waals surface area contributed by atoms with Gasteiger partial charge in [-0.15, -0.1) is 0 Å². The van der Waals surface area contributed by atoms with Gasteiger partial charge in [0, 0.05) is 30.6 Å². The Bertz CT molecular complexity index is 1390. The molecule has 8 heteroatoms. The van der Waals surface area contributed by atoms with Crippen molar-refractivity contribution in [2.45, 2.75) is 158 Å². The van der Waals surface area contributed by atoms with Crippen molar-refractivity contribution in [3.63, 3.8) is 0 Å². The molecule has 4 rings (SSSR count). The molecule has 4 nitrogen and oxygen atoms in total. The Labute approximate surface area is 331 Å². The maximum Gasteiger partial charge on any atom is 0.0775 e. The summed E-state index contributed by atoms with van der Waals surface area (Å²) in [6.07, 6.45) is 18.1. The van der Waals surface area contributed by atoms with Crippen LogP contribution in [0.15, 0.2) is 36.4 Å². The van der Waals surface area contributed by atoms with Crippen LogP contribution in [-0.2, 0) is 20.3 Å². The summed E-state index contributed by atoms with van der Waals surface area (Å²) in [5.41, 5.74) is 2.01. The molecular formula is C43H66Cl4N2O2. The Kier molecular flexibility index (Phi) is 16.0. The number of halogens is 4. The molecule has 51 heavy (non-hydrogen) atoms. The van der Waals surface area contributed by atoms with Gasteiger partial charge in [0.25, 0.3) is 0 Å². The lowest BCUT2D eigenvalue weighted by molar-refractivity contribution is -0.177. The number of methoxy groups -OCH3 is 1. The number of rotatable bonds is 22. The van der Waals surface area contributed by atoms with Crippen LogP contribution in [0.1, 0.15) is 135 Å². The van der Waals surface area contributed by atoms with Gasteiger partial charge in [-0.3, -0.25) is 0 Å². The van der Waals surface area contributed by atoms with Gasteiger partial charge in [0.05, 0.1) is 37.3 Å². The minimum absolute atomic E-state index is 0.00714. The standard InChI is InChI=1S/C43H66Cl4N2O2/c1-9-40(2,3)51-39(23-22-38(48(4)5)41(24-16-25-41)32-18-20-34(44)36(46)30-32)43(49(6)7,28-14-12-10-11-13-15-29-50-8)42(26-17-27-42)33-19-21-35(45)37(47)31-33/h18-21,30-31,38-39H,9-17,22-29H2,1-8H3. The van der Waals surface area contributed by atoms with Crippen LogP contribution < -0.4 is 0 Å². The molecular weight excluding hydrogens is 718 g/mol. The molecule has 2 aliphatic carbocycles. The molecule has 2 saturated carbocycles. The zero-order valence-corrected chi connectivity index (χ0v) is 35.9. The second-order valence-corrected chi connectivity index (χ2v) is 18.3. The molecule has 3 unspecified atom stereocenters. The molecule has 288 valence electrons. The predicted molar refractivity (Wildman–Crippen MR) is 221 cm³/mol. The lowest BCUT2D eigenvalue weighted by atomic mass is 9.50. The van der Waals surface area contributed by atoms with Crippen LogP contribution in [0, 0.1) is 0 Å². The van der Waals surface area contributed by atoms with Gasteiger partial charge in [0.15, 0.2) is 0 Å². The maximum atomic E-state index is 7.56. The van der Waals surface area contributed by atoms with Crippen molar-refractivity contribution < 1.29 is 9.47 Å². The van der Waals surface area contributed by atoms with Gasteiger partial charge in [-0.05, 0) is 135 Å². The highest BCUT2D eigenvalue weighted by atomic mass is 35.5. The monoisotopic (exact) mass is 782 g/mol. The molecule has 0 heterocycles. The van der Waals surface area contributed by atoms with Crippen molar-refractivity contribution in [3.05, 3.63) is 67.6 Å². The molecule has 0 amide bonds. The molecule has 2 aromatic rings. The van der Waals surface area contributed by atoms with Crippen molar-refractivity contribution >= 4 is 46.4 Å². The van der Waals surface area contributed by atoms with E-state index in [0.717, 1.165) is 70.8 Å². The fraction of sp³-hybridized carbons (Fsp3) is 0.721. The van der Waals surface area contributed by atoms with E-state index < -0.39 is 0 Å². The zero-order chi connectivity index (χ0) is 37.5. The Morgan fingerprint density at radius 2 is 1.27 bits per heavy atom. The van der Waals surface area contributed by atoms with Gasteiger partial charge in [-0.1, -0.05) is 110 Å². The van der Waals surface area contributed by atoms with Crippen LogP contribution in [0.3, 0.4) is 0 Å². The van der Waals surface area contributed by atoms with Crippen LogP contribution in [0.4, 0.5) is 0 Å². The first-order valence-corrected chi connectivity index (χ1v) is 21.1. The smallest absolute Gasteiger partial charge is 0.0775 e. The summed E-state index contributed by atoms with van der Waals surface area (Å²) in [4.78, 5) is 5.02. The highest BCUT2D eigenvalue weighted by Crippen LogP contribution is 2.59. The Balaban J connectivity index is 1.78. The van der Waals surface area contributed by atoms with E-state index in [1.807, 2.05) is 12.1 Å². The molecule has 0 saturated heterocycles. The zero-order valence-electron chi connectivity index (χ0n) is 32.9. The molecule has 0 N–H and O–H groups in total. The number of hydrogen-bond donors (Lipinski definition) is 0. The van der Waals surface area contributed by atoms with Crippen molar-refractivity contribution in [3.8, 4) is 0 Å². The molecule has 0 aliphatic heterocycles. The van der Waals surface area contributed by atoms with Gasteiger partial charge >= 0.3 is 0 Å². The van der Waals surface area contributed by atoms with E-state index in [1.165, 1.54) is 49.7 Å². The van der Waals surface area contributed by atoms with Crippen molar-refractivity contribution in [1.29, 1.82) is 0 Å². The van der Waals surface area contributed by atoms with Gasteiger partial charge in [0.1, 0.15) is 0 Å². The van der Waals surface area contributed by atoms with Gasteiger partial charge in [0.2, 0.25) is 0 Å². The highest BCUT2D eigenvalue weighted by Gasteiger charge is 2.61. The Morgan fingerprint density at radius 1 is 0.725 bits per heavy atom. The van der Waals surface area contributed by atoms with Gasteiger partial charge < -0.3 is 19.3 Å². The molecule has 0 spiro atoms. The minimum Gasteiger partial charge on any atom is -0.385 e. The first kappa shape index (κ1) is 43.2. The largest absolute Gasteiger partial charge is 0.385 e. The van der Waals surface area contributed by atoms with Gasteiger partial charge in [-0.25, -0.2) is 0 Å². The Hall–Kier alpha value is -0.560. The first-order valence-electron chi connectivity index (χ1n) is 19.6. The third kappa shape index (κ3) is 9.46. The van der Waals surface area contributed by atoms with Crippen molar-refractivity contribution in [2.75, 3.05) is 41.9 Å². The highest BCUT2D eigenvalue weighted by molar-refractivity contribution is 6.42. The summed E-state index contributed by atoms with van der Waals surface area (Å²) in [5.74, 6) is 0. The first-order chi connectivity index (χ1) is 24.2. The molecule has 2 aromatic carbocycles. The third-order valence-electron chi connectivity index (χ3n) is 13.0. The number of ether oxygens (including phenoxy) is 2. The van der Waals surface area contributed by atoms with E-state index in [4.69, 9.17) is 55.9 Å². The minimum atomic E-state index is -0.276. The second-order valence-electron chi connectivity index (χ2n) is 16.7. The summed E-state index contributed by atoms with van der Waals surface area (Å²) in [6, 6.07) is 13.1. The summed E-state index contributed by atoms with van der Waals surface area (Å²) in [7, 11) is 10.9. The van der Waals surface area contributed by atoms with E-state index >= 15 is 0 Å². The Morgan fingerprint density at radius 3 is 1.75 bits per heavy atom. The SMILES string of the molecule is CCC(C)(C)OC(CCC(N(C)C)C1(c2ccc(Cl)c(Cl)c2)CCC1)C(CCCCCCCCOC)(N(C)C)C1(c2ccc(Cl)c(Cl)c2)CCC1. The van der Waals surface area contributed by atoms with E-state index in [-0.39, 0.29) is 28.1 Å². The van der Waals surface area contributed by atoms with Crippen molar-refractivity contribution in [1.82, 2.24) is 9.80 Å². The lowest BCUT2D eigenvalue weighted by Gasteiger charge is -2.63. The number of unbranched alkanes of at least 4 members (excludes halogenated alkanes) is 5. The predicted octanol–water partition coefficient (Wildman–Crippen LogP) is 12.8. The number of likely N-dealkylation sites (N-methyl/N-ethyl adjacent to an activating group) is 2. The van der Waals surface area contributed by atoms with Crippen LogP contribution in [0.25, 0.3) is 0 Å². The summed E-state index contributed by atoms with van der Waals surface area (Å²) in [6.45, 7) is 7.66. The van der Waals surface area contributed by atoms with Crippen LogP contribution in [-0.4, -0.2) is 75.0 Å². The molecule has 2 aliphatic rings. The number of nitrogens with zero attached hydrogens (tertiary/aromatic N) is 2.